The van der Waals surface area contributed by atoms with Gasteiger partial charge in [0.15, 0.2) is 0 Å². The van der Waals surface area contributed by atoms with Gasteiger partial charge in [0, 0.05) is 47.9 Å². The maximum absolute atomic E-state index is 12.8. The number of benzene rings is 1. The van der Waals surface area contributed by atoms with Gasteiger partial charge in [0.25, 0.3) is 5.91 Å². The lowest BCUT2D eigenvalue weighted by atomic mass is 10.2. The van der Waals surface area contributed by atoms with Crippen LogP contribution in [-0.4, -0.2) is 35.7 Å². The lowest BCUT2D eigenvalue weighted by Crippen LogP contribution is -2.25. The Kier molecular flexibility index (Phi) is 9.20. The summed E-state index contributed by atoms with van der Waals surface area (Å²) in [5.74, 6) is 0.932. The number of nitrogens with one attached hydrogen (secondary N) is 1. The third kappa shape index (κ3) is 6.96. The van der Waals surface area contributed by atoms with Crippen LogP contribution in [0.25, 0.3) is 11.4 Å². The fourth-order valence-corrected chi connectivity index (χ4v) is 4.66. The highest BCUT2D eigenvalue weighted by atomic mass is 35.5. The SMILES string of the molecule is COCCCNC(=O)c1cc(-c2csc(COc3cc(Cl)cc(Cl)c3)n2)n(CC(C)C)c1C. The van der Waals surface area contributed by atoms with E-state index in [4.69, 9.17) is 37.7 Å². The number of thiazole rings is 1. The summed E-state index contributed by atoms with van der Waals surface area (Å²) in [5.41, 5.74) is 3.35. The van der Waals surface area contributed by atoms with E-state index in [1.807, 2.05) is 18.4 Å². The molecule has 0 fully saturated rings. The molecule has 2 aromatic heterocycles. The van der Waals surface area contributed by atoms with Crippen LogP contribution in [0.5, 0.6) is 5.75 Å². The predicted molar refractivity (Wildman–Crippen MR) is 135 cm³/mol. The second kappa shape index (κ2) is 11.9. The molecule has 0 radical (unpaired) electrons. The Morgan fingerprint density at radius 3 is 2.61 bits per heavy atom. The summed E-state index contributed by atoms with van der Waals surface area (Å²) in [6, 6.07) is 7.03. The number of aromatic nitrogens is 2. The number of ether oxygens (including phenoxy) is 2. The molecule has 1 amide bonds. The van der Waals surface area contributed by atoms with Gasteiger partial charge in [-0.1, -0.05) is 37.0 Å². The summed E-state index contributed by atoms with van der Waals surface area (Å²) in [6.45, 7) is 8.58. The van der Waals surface area contributed by atoms with Crippen molar-refractivity contribution in [3.63, 3.8) is 0 Å². The van der Waals surface area contributed by atoms with Crippen molar-refractivity contribution in [3.05, 3.63) is 56.0 Å². The van der Waals surface area contributed by atoms with Crippen molar-refractivity contribution in [1.82, 2.24) is 14.9 Å². The van der Waals surface area contributed by atoms with E-state index in [-0.39, 0.29) is 5.91 Å². The minimum Gasteiger partial charge on any atom is -0.486 e. The zero-order chi connectivity index (χ0) is 24.0. The Labute approximate surface area is 208 Å². The molecule has 0 saturated carbocycles. The maximum Gasteiger partial charge on any atom is 0.253 e. The molecule has 3 aromatic rings. The molecule has 2 heterocycles. The van der Waals surface area contributed by atoms with Crippen molar-refractivity contribution in [1.29, 1.82) is 0 Å². The number of carbonyl (C=O) groups is 1. The Bertz CT molecular complexity index is 1070. The van der Waals surface area contributed by atoms with Crippen LogP contribution in [0, 0.1) is 12.8 Å². The molecule has 0 unspecified atom stereocenters. The first-order valence-electron chi connectivity index (χ1n) is 10.8. The van der Waals surface area contributed by atoms with Crippen LogP contribution < -0.4 is 10.1 Å². The Morgan fingerprint density at radius 1 is 1.21 bits per heavy atom. The summed E-state index contributed by atoms with van der Waals surface area (Å²) < 4.78 is 13.1. The second-order valence-corrected chi connectivity index (χ2v) is 9.97. The molecule has 0 aliphatic heterocycles. The number of amides is 1. The third-order valence-electron chi connectivity index (χ3n) is 4.98. The van der Waals surface area contributed by atoms with E-state index >= 15 is 0 Å². The molecule has 0 aliphatic rings. The average molecular weight is 510 g/mol. The molecule has 0 atom stereocenters. The number of carbonyl (C=O) groups excluding carboxylic acids is 1. The van der Waals surface area contributed by atoms with Crippen LogP contribution in [0.3, 0.4) is 0 Å². The van der Waals surface area contributed by atoms with Gasteiger partial charge in [0.1, 0.15) is 17.4 Å². The van der Waals surface area contributed by atoms with E-state index in [0.717, 1.165) is 35.1 Å². The van der Waals surface area contributed by atoms with E-state index in [9.17, 15) is 4.79 Å². The van der Waals surface area contributed by atoms with Crippen LogP contribution in [0.15, 0.2) is 29.6 Å². The number of methoxy groups -OCH3 is 1. The number of hydrogen-bond acceptors (Lipinski definition) is 5. The Balaban J connectivity index is 1.79. The topological polar surface area (TPSA) is 65.4 Å². The smallest absolute Gasteiger partial charge is 0.253 e. The Hall–Kier alpha value is -2.06. The van der Waals surface area contributed by atoms with Gasteiger partial charge < -0.3 is 19.4 Å². The highest BCUT2D eigenvalue weighted by Gasteiger charge is 2.20. The van der Waals surface area contributed by atoms with Crippen molar-refractivity contribution in [2.45, 2.75) is 40.3 Å². The van der Waals surface area contributed by atoms with Gasteiger partial charge in [-0.25, -0.2) is 4.98 Å². The molecule has 178 valence electrons. The molecule has 1 N–H and O–H groups in total. The van der Waals surface area contributed by atoms with Crippen molar-refractivity contribution in [2.75, 3.05) is 20.3 Å². The molecule has 1 aromatic carbocycles. The second-order valence-electron chi connectivity index (χ2n) is 8.16. The van der Waals surface area contributed by atoms with Gasteiger partial charge in [-0.15, -0.1) is 11.3 Å². The molecular weight excluding hydrogens is 481 g/mol. The maximum atomic E-state index is 12.8. The summed E-state index contributed by atoms with van der Waals surface area (Å²) >= 11 is 13.6. The first-order valence-corrected chi connectivity index (χ1v) is 12.4. The van der Waals surface area contributed by atoms with Gasteiger partial charge in [-0.05, 0) is 43.5 Å². The number of hydrogen-bond donors (Lipinski definition) is 1. The summed E-state index contributed by atoms with van der Waals surface area (Å²) in [6.07, 6.45) is 0.772. The quantitative estimate of drug-likeness (QED) is 0.311. The summed E-state index contributed by atoms with van der Waals surface area (Å²) in [5, 5.41) is 6.84. The highest BCUT2D eigenvalue weighted by molar-refractivity contribution is 7.09. The molecule has 0 saturated heterocycles. The van der Waals surface area contributed by atoms with Gasteiger partial charge in [0.05, 0.1) is 17.0 Å². The number of rotatable bonds is 11. The highest BCUT2D eigenvalue weighted by Crippen LogP contribution is 2.30. The van der Waals surface area contributed by atoms with E-state index in [1.54, 1.807) is 25.3 Å². The monoisotopic (exact) mass is 509 g/mol. The molecule has 0 aliphatic carbocycles. The fourth-order valence-electron chi connectivity index (χ4n) is 3.45. The minimum atomic E-state index is -0.0796. The van der Waals surface area contributed by atoms with Crippen LogP contribution in [0.1, 0.15) is 41.3 Å². The largest absolute Gasteiger partial charge is 0.486 e. The van der Waals surface area contributed by atoms with E-state index in [2.05, 4.69) is 23.7 Å². The van der Waals surface area contributed by atoms with Crippen molar-refractivity contribution >= 4 is 40.4 Å². The third-order valence-corrected chi connectivity index (χ3v) is 6.24. The molecule has 3 rings (SSSR count). The molecule has 33 heavy (non-hydrogen) atoms. The van der Waals surface area contributed by atoms with Crippen molar-refractivity contribution < 1.29 is 14.3 Å². The molecular formula is C24H29Cl2N3O3S. The van der Waals surface area contributed by atoms with Gasteiger partial charge in [-0.2, -0.15) is 0 Å². The molecule has 6 nitrogen and oxygen atoms in total. The van der Waals surface area contributed by atoms with E-state index in [1.165, 1.54) is 11.3 Å². The lowest BCUT2D eigenvalue weighted by molar-refractivity contribution is 0.0948. The molecule has 9 heteroatoms. The van der Waals surface area contributed by atoms with Crippen LogP contribution in [-0.2, 0) is 17.9 Å². The average Bonchev–Trinajstić information content (AvgIpc) is 3.34. The fraction of sp³-hybridized carbons (Fsp3) is 0.417. The standard InChI is InChI=1S/C24H29Cl2N3O3S/c1-15(2)12-29-16(3)20(24(30)27-6-5-7-31-4)11-22(29)21-14-33-23(28-21)13-32-19-9-17(25)8-18(26)10-19/h8-11,14-15H,5-7,12-13H2,1-4H3,(H,27,30). The van der Waals surface area contributed by atoms with E-state index in [0.29, 0.717) is 47.0 Å². The number of nitrogens with zero attached hydrogens (tertiary/aromatic N) is 2. The summed E-state index contributed by atoms with van der Waals surface area (Å²) in [4.78, 5) is 17.6. The lowest BCUT2D eigenvalue weighted by Gasteiger charge is -2.13. The van der Waals surface area contributed by atoms with Crippen molar-refractivity contribution in [2.24, 2.45) is 5.92 Å². The minimum absolute atomic E-state index is 0.0796. The number of halogens is 2. The normalized spacial score (nSPS) is 11.2. The first-order chi connectivity index (χ1) is 15.8. The Morgan fingerprint density at radius 2 is 1.94 bits per heavy atom. The zero-order valence-corrected chi connectivity index (χ0v) is 21.6. The zero-order valence-electron chi connectivity index (χ0n) is 19.3. The summed E-state index contributed by atoms with van der Waals surface area (Å²) in [7, 11) is 1.65. The first kappa shape index (κ1) is 25.6. The van der Waals surface area contributed by atoms with Crippen molar-refractivity contribution in [3.8, 4) is 17.1 Å². The van der Waals surface area contributed by atoms with E-state index < -0.39 is 0 Å². The predicted octanol–water partition coefficient (Wildman–Crippen LogP) is 6.23. The van der Waals surface area contributed by atoms with Gasteiger partial charge >= 0.3 is 0 Å². The van der Waals surface area contributed by atoms with Crippen LogP contribution in [0.2, 0.25) is 10.0 Å². The van der Waals surface area contributed by atoms with Gasteiger partial charge in [-0.3, -0.25) is 4.79 Å². The van der Waals surface area contributed by atoms with Gasteiger partial charge in [0.2, 0.25) is 0 Å². The molecule has 0 bridgehead atoms. The van der Waals surface area contributed by atoms with Crippen LogP contribution in [0.4, 0.5) is 0 Å². The molecule has 0 spiro atoms. The van der Waals surface area contributed by atoms with Crippen LogP contribution >= 0.6 is 34.5 Å².